The van der Waals surface area contributed by atoms with Gasteiger partial charge in [-0.3, -0.25) is 4.98 Å². The molecule has 1 fully saturated rings. The van der Waals surface area contributed by atoms with Crippen LogP contribution < -0.4 is 4.90 Å². The largest absolute Gasteiger partial charge is 0.369 e. The molecule has 4 heterocycles. The molecule has 4 rings (SSSR count). The number of thiophene rings is 1. The number of anilines is 1. The zero-order valence-electron chi connectivity index (χ0n) is 14.6. The average molecular weight is 387 g/mol. The molecule has 0 bridgehead atoms. The lowest BCUT2D eigenvalue weighted by atomic mass is 10.1. The van der Waals surface area contributed by atoms with Gasteiger partial charge in [0.1, 0.15) is 11.9 Å². The maximum atomic E-state index is 6.09. The molecular weight excluding hydrogens is 368 g/mol. The summed E-state index contributed by atoms with van der Waals surface area (Å²) in [4.78, 5) is 17.1. The lowest BCUT2D eigenvalue weighted by Crippen LogP contribution is -2.39. The first kappa shape index (κ1) is 17.4. The van der Waals surface area contributed by atoms with Crippen LogP contribution in [0.4, 0.5) is 5.82 Å². The molecule has 3 aromatic heterocycles. The number of halogens is 1. The smallest absolute Gasteiger partial charge is 0.163 e. The van der Waals surface area contributed by atoms with Crippen molar-refractivity contribution < 1.29 is 4.74 Å². The van der Waals surface area contributed by atoms with Crippen LogP contribution in [0.25, 0.3) is 11.4 Å². The zero-order valence-corrected chi connectivity index (χ0v) is 16.2. The summed E-state index contributed by atoms with van der Waals surface area (Å²) in [5, 5.41) is 0. The fraction of sp³-hybridized carbons (Fsp3) is 0.316. The van der Waals surface area contributed by atoms with E-state index in [1.165, 1.54) is 0 Å². The van der Waals surface area contributed by atoms with E-state index in [4.69, 9.17) is 21.3 Å². The minimum atomic E-state index is 0.0118. The number of pyridine rings is 1. The van der Waals surface area contributed by atoms with E-state index < -0.39 is 0 Å². The summed E-state index contributed by atoms with van der Waals surface area (Å²) in [7, 11) is 0. The van der Waals surface area contributed by atoms with Gasteiger partial charge in [-0.05, 0) is 38.1 Å². The van der Waals surface area contributed by atoms with Crippen LogP contribution in [-0.4, -0.2) is 34.6 Å². The summed E-state index contributed by atoms with van der Waals surface area (Å²) in [6, 6.07) is 7.85. The minimum Gasteiger partial charge on any atom is -0.369 e. The summed E-state index contributed by atoms with van der Waals surface area (Å²) in [5.74, 6) is 1.67. The number of morpholine rings is 1. The van der Waals surface area contributed by atoms with Crippen molar-refractivity contribution >= 4 is 28.8 Å². The second-order valence-electron chi connectivity index (χ2n) is 6.27. The Morgan fingerprint density at radius 3 is 2.85 bits per heavy atom. The lowest BCUT2D eigenvalue weighted by Gasteiger charge is -2.34. The molecule has 7 heteroatoms. The van der Waals surface area contributed by atoms with Gasteiger partial charge in [0.05, 0.1) is 17.5 Å². The van der Waals surface area contributed by atoms with Gasteiger partial charge in [-0.25, -0.2) is 9.97 Å². The quantitative estimate of drug-likeness (QED) is 0.665. The topological polar surface area (TPSA) is 51.1 Å². The van der Waals surface area contributed by atoms with Crippen LogP contribution >= 0.6 is 22.9 Å². The van der Waals surface area contributed by atoms with Crippen molar-refractivity contribution in [2.45, 2.75) is 20.0 Å². The van der Waals surface area contributed by atoms with E-state index in [-0.39, 0.29) is 6.10 Å². The van der Waals surface area contributed by atoms with Crippen molar-refractivity contribution in [2.24, 2.45) is 0 Å². The second kappa shape index (κ2) is 7.31. The van der Waals surface area contributed by atoms with Gasteiger partial charge in [-0.2, -0.15) is 0 Å². The van der Waals surface area contributed by atoms with E-state index in [2.05, 4.69) is 21.8 Å². The van der Waals surface area contributed by atoms with Crippen LogP contribution in [0.2, 0.25) is 4.34 Å². The Morgan fingerprint density at radius 2 is 2.12 bits per heavy atom. The van der Waals surface area contributed by atoms with E-state index in [9.17, 15) is 0 Å². The van der Waals surface area contributed by atoms with E-state index >= 15 is 0 Å². The molecule has 26 heavy (non-hydrogen) atoms. The Hall–Kier alpha value is -2.02. The van der Waals surface area contributed by atoms with Gasteiger partial charge in [0.25, 0.3) is 0 Å². The maximum Gasteiger partial charge on any atom is 0.163 e. The van der Waals surface area contributed by atoms with Crippen LogP contribution in [0.15, 0.2) is 36.7 Å². The van der Waals surface area contributed by atoms with Crippen molar-refractivity contribution in [3.8, 4) is 11.4 Å². The standard InChI is InChI=1S/C19H19ClN4OS/c1-12-13(2)22-18(14-4-3-7-21-10-14)23-19(12)24-8-9-25-15(11-24)16-5-6-17(20)26-16/h3-7,10,15H,8-9,11H2,1-2H3. The summed E-state index contributed by atoms with van der Waals surface area (Å²) in [5.41, 5.74) is 3.00. The highest BCUT2D eigenvalue weighted by molar-refractivity contribution is 7.16. The molecule has 0 aromatic carbocycles. The van der Waals surface area contributed by atoms with E-state index in [1.54, 1.807) is 23.7 Å². The van der Waals surface area contributed by atoms with Gasteiger partial charge in [0.2, 0.25) is 0 Å². The molecule has 134 valence electrons. The van der Waals surface area contributed by atoms with Gasteiger partial charge >= 0.3 is 0 Å². The van der Waals surface area contributed by atoms with Crippen LogP contribution in [0.5, 0.6) is 0 Å². The molecule has 1 aliphatic heterocycles. The number of hydrogen-bond acceptors (Lipinski definition) is 6. The van der Waals surface area contributed by atoms with Gasteiger partial charge in [0.15, 0.2) is 5.82 Å². The van der Waals surface area contributed by atoms with Crippen molar-refractivity contribution in [3.05, 3.63) is 57.1 Å². The highest BCUT2D eigenvalue weighted by Crippen LogP contribution is 2.33. The molecule has 0 spiro atoms. The van der Waals surface area contributed by atoms with Gasteiger partial charge in [-0.15, -0.1) is 11.3 Å². The van der Waals surface area contributed by atoms with Crippen LogP contribution in [-0.2, 0) is 4.74 Å². The van der Waals surface area contributed by atoms with E-state index in [0.717, 1.165) is 44.9 Å². The zero-order chi connectivity index (χ0) is 18.1. The highest BCUT2D eigenvalue weighted by atomic mass is 35.5. The Kier molecular flexibility index (Phi) is 4.89. The molecule has 0 saturated carbocycles. The maximum absolute atomic E-state index is 6.09. The Morgan fingerprint density at radius 1 is 1.23 bits per heavy atom. The Labute approximate surface area is 161 Å². The van der Waals surface area contributed by atoms with Gasteiger partial charge in [-0.1, -0.05) is 11.6 Å². The van der Waals surface area contributed by atoms with Crippen molar-refractivity contribution in [2.75, 3.05) is 24.6 Å². The molecule has 5 nitrogen and oxygen atoms in total. The predicted molar refractivity (Wildman–Crippen MR) is 105 cm³/mol. The number of aryl methyl sites for hydroxylation is 1. The lowest BCUT2D eigenvalue weighted by molar-refractivity contribution is 0.0418. The number of nitrogens with zero attached hydrogens (tertiary/aromatic N) is 4. The SMILES string of the molecule is Cc1nc(-c2cccnc2)nc(N2CCOC(c3ccc(Cl)s3)C2)c1C. The predicted octanol–water partition coefficient (Wildman–Crippen LogP) is 4.45. The number of hydrogen-bond donors (Lipinski definition) is 0. The third-order valence-corrected chi connectivity index (χ3v) is 5.88. The first-order valence-electron chi connectivity index (χ1n) is 8.49. The fourth-order valence-corrected chi connectivity index (χ4v) is 4.16. The molecular formula is C19H19ClN4OS. The molecule has 0 radical (unpaired) electrons. The second-order valence-corrected chi connectivity index (χ2v) is 8.02. The normalized spacial score (nSPS) is 17.5. The third kappa shape index (κ3) is 3.45. The van der Waals surface area contributed by atoms with Crippen molar-refractivity contribution in [3.63, 3.8) is 0 Å². The monoisotopic (exact) mass is 386 g/mol. The molecule has 1 aliphatic rings. The van der Waals surface area contributed by atoms with Crippen molar-refractivity contribution in [1.29, 1.82) is 0 Å². The molecule has 0 amide bonds. The van der Waals surface area contributed by atoms with E-state index in [0.29, 0.717) is 12.4 Å². The summed E-state index contributed by atoms with van der Waals surface area (Å²) in [6.07, 6.45) is 3.56. The molecule has 0 N–H and O–H groups in total. The van der Waals surface area contributed by atoms with Crippen LogP contribution in [0.3, 0.4) is 0 Å². The van der Waals surface area contributed by atoms with Gasteiger partial charge < -0.3 is 9.64 Å². The summed E-state index contributed by atoms with van der Waals surface area (Å²) < 4.78 is 6.76. The Balaban J connectivity index is 1.67. The Bertz CT molecular complexity index is 915. The average Bonchev–Trinajstić information content (AvgIpc) is 3.11. The van der Waals surface area contributed by atoms with E-state index in [1.807, 2.05) is 31.2 Å². The number of rotatable bonds is 3. The molecule has 3 aromatic rings. The van der Waals surface area contributed by atoms with Gasteiger partial charge in [0, 0.05) is 40.6 Å². The van der Waals surface area contributed by atoms with Crippen LogP contribution in [0, 0.1) is 13.8 Å². The molecule has 1 unspecified atom stereocenters. The first-order chi connectivity index (χ1) is 12.6. The first-order valence-corrected chi connectivity index (χ1v) is 9.68. The summed E-state index contributed by atoms with van der Waals surface area (Å²) >= 11 is 7.66. The molecule has 0 aliphatic carbocycles. The number of aromatic nitrogens is 3. The molecule has 1 atom stereocenters. The summed E-state index contributed by atoms with van der Waals surface area (Å²) in [6.45, 7) is 6.31. The minimum absolute atomic E-state index is 0.0118. The highest BCUT2D eigenvalue weighted by Gasteiger charge is 2.26. The number of ether oxygens (including phenoxy) is 1. The fourth-order valence-electron chi connectivity index (χ4n) is 3.06. The van der Waals surface area contributed by atoms with Crippen molar-refractivity contribution in [1.82, 2.24) is 15.0 Å². The van der Waals surface area contributed by atoms with Crippen LogP contribution in [0.1, 0.15) is 22.2 Å². The third-order valence-electron chi connectivity index (χ3n) is 4.56. The molecule has 1 saturated heterocycles.